The highest BCUT2D eigenvalue weighted by Crippen LogP contribution is 2.29. The molecule has 0 spiro atoms. The third-order valence-corrected chi connectivity index (χ3v) is 3.67. The van der Waals surface area contributed by atoms with Crippen LogP contribution in [-0.4, -0.2) is 38.6 Å². The molecule has 0 atom stereocenters. The number of amides is 2. The third kappa shape index (κ3) is 4.99. The number of hydrogen-bond donors (Lipinski definition) is 1. The summed E-state index contributed by atoms with van der Waals surface area (Å²) in [5, 5.41) is 2.75. The molecule has 26 heavy (non-hydrogen) atoms. The maximum atomic E-state index is 12.7. The zero-order valence-electron chi connectivity index (χ0n) is 15.5. The highest BCUT2D eigenvalue weighted by Gasteiger charge is 2.16. The number of nitrogens with one attached hydrogen (secondary N) is 1. The number of carbonyl (C=O) groups is 2. The summed E-state index contributed by atoms with van der Waals surface area (Å²) in [6.07, 6.45) is 0. The van der Waals surface area contributed by atoms with Crippen LogP contribution in [0.3, 0.4) is 0 Å². The van der Waals surface area contributed by atoms with E-state index in [9.17, 15) is 9.59 Å². The second-order valence-electron chi connectivity index (χ2n) is 6.08. The Bertz CT molecular complexity index is 760. The molecule has 0 aliphatic heterocycles. The van der Waals surface area contributed by atoms with Crippen molar-refractivity contribution >= 4 is 17.5 Å². The van der Waals surface area contributed by atoms with E-state index in [-0.39, 0.29) is 24.5 Å². The van der Waals surface area contributed by atoms with Crippen molar-refractivity contribution in [1.29, 1.82) is 0 Å². The van der Waals surface area contributed by atoms with Crippen LogP contribution in [0.1, 0.15) is 24.2 Å². The monoisotopic (exact) mass is 356 g/mol. The summed E-state index contributed by atoms with van der Waals surface area (Å²) < 4.78 is 10.8. The van der Waals surface area contributed by atoms with E-state index in [4.69, 9.17) is 9.47 Å². The third-order valence-electron chi connectivity index (χ3n) is 3.67. The maximum absolute atomic E-state index is 12.7. The van der Waals surface area contributed by atoms with Crippen LogP contribution in [0.15, 0.2) is 48.5 Å². The Morgan fingerprint density at radius 3 is 2.38 bits per heavy atom. The molecule has 6 heteroatoms. The molecule has 2 aromatic carbocycles. The van der Waals surface area contributed by atoms with E-state index < -0.39 is 0 Å². The molecular formula is C20H24N2O4. The molecule has 0 heterocycles. The van der Waals surface area contributed by atoms with Crippen LogP contribution in [0.4, 0.5) is 5.69 Å². The fourth-order valence-corrected chi connectivity index (χ4v) is 2.39. The number of rotatable bonds is 7. The first kappa shape index (κ1) is 19.3. The number of methoxy groups -OCH3 is 1. The number of ether oxygens (including phenoxy) is 2. The molecule has 0 bridgehead atoms. The fraction of sp³-hybridized carbons (Fsp3) is 0.300. The molecule has 1 N–H and O–H groups in total. The first-order valence-electron chi connectivity index (χ1n) is 8.35. The molecule has 0 fully saturated rings. The molecule has 6 nitrogen and oxygen atoms in total. The second kappa shape index (κ2) is 8.89. The standard InChI is InChI=1S/C20H24N2O4/c1-14(2)21-19(23)13-26-17-11-10-15(12-18(17)25-4)20(24)22(3)16-8-6-5-7-9-16/h5-12,14H,13H2,1-4H3,(H,21,23). The van der Waals surface area contributed by atoms with Gasteiger partial charge in [0.15, 0.2) is 18.1 Å². The SMILES string of the molecule is COc1cc(C(=O)N(C)c2ccccc2)ccc1OCC(=O)NC(C)C. The zero-order valence-corrected chi connectivity index (χ0v) is 15.5. The normalized spacial score (nSPS) is 10.3. The zero-order chi connectivity index (χ0) is 19.1. The van der Waals surface area contributed by atoms with Crippen LogP contribution < -0.4 is 19.7 Å². The van der Waals surface area contributed by atoms with Gasteiger partial charge in [-0.2, -0.15) is 0 Å². The van der Waals surface area contributed by atoms with E-state index in [2.05, 4.69) is 5.32 Å². The Labute approximate surface area is 153 Å². The minimum atomic E-state index is -0.217. The quantitative estimate of drug-likeness (QED) is 0.828. The molecule has 2 rings (SSSR count). The van der Waals surface area contributed by atoms with Crippen molar-refractivity contribution in [2.75, 3.05) is 25.7 Å². The minimum Gasteiger partial charge on any atom is -0.493 e. The molecule has 0 unspecified atom stereocenters. The average molecular weight is 356 g/mol. The summed E-state index contributed by atoms with van der Waals surface area (Å²) >= 11 is 0. The molecule has 2 aromatic rings. The van der Waals surface area contributed by atoms with Gasteiger partial charge in [0.25, 0.3) is 11.8 Å². The molecule has 0 saturated carbocycles. The molecule has 0 saturated heterocycles. The Morgan fingerprint density at radius 1 is 1.08 bits per heavy atom. The van der Waals surface area contributed by atoms with Crippen LogP contribution in [0.25, 0.3) is 0 Å². The minimum absolute atomic E-state index is 0.0431. The van der Waals surface area contributed by atoms with Gasteiger partial charge in [-0.25, -0.2) is 0 Å². The lowest BCUT2D eigenvalue weighted by atomic mass is 10.1. The fourth-order valence-electron chi connectivity index (χ4n) is 2.39. The Balaban J connectivity index is 2.12. The van der Waals surface area contributed by atoms with Crippen molar-refractivity contribution < 1.29 is 19.1 Å². The van der Waals surface area contributed by atoms with Gasteiger partial charge < -0.3 is 19.7 Å². The smallest absolute Gasteiger partial charge is 0.258 e. The Hall–Kier alpha value is -3.02. The van der Waals surface area contributed by atoms with Gasteiger partial charge in [0.2, 0.25) is 0 Å². The van der Waals surface area contributed by atoms with Crippen molar-refractivity contribution in [3.63, 3.8) is 0 Å². The number of anilines is 1. The number of hydrogen-bond acceptors (Lipinski definition) is 4. The summed E-state index contributed by atoms with van der Waals surface area (Å²) in [6, 6.07) is 14.3. The predicted molar refractivity (Wildman–Crippen MR) is 101 cm³/mol. The van der Waals surface area contributed by atoms with E-state index in [0.29, 0.717) is 17.1 Å². The van der Waals surface area contributed by atoms with Gasteiger partial charge in [0.05, 0.1) is 7.11 Å². The first-order chi connectivity index (χ1) is 12.4. The summed E-state index contributed by atoms with van der Waals surface area (Å²) in [6.45, 7) is 3.63. The second-order valence-corrected chi connectivity index (χ2v) is 6.08. The number of para-hydroxylation sites is 1. The van der Waals surface area contributed by atoms with E-state index in [0.717, 1.165) is 5.69 Å². The van der Waals surface area contributed by atoms with Crippen LogP contribution in [-0.2, 0) is 4.79 Å². The van der Waals surface area contributed by atoms with Crippen LogP contribution in [0.2, 0.25) is 0 Å². The van der Waals surface area contributed by atoms with Gasteiger partial charge in [-0.05, 0) is 44.2 Å². The van der Waals surface area contributed by atoms with Crippen molar-refractivity contribution in [3.05, 3.63) is 54.1 Å². The predicted octanol–water partition coefficient (Wildman–Crippen LogP) is 2.88. The van der Waals surface area contributed by atoms with Gasteiger partial charge in [0.1, 0.15) is 0 Å². The molecule has 2 amide bonds. The average Bonchev–Trinajstić information content (AvgIpc) is 2.65. The Morgan fingerprint density at radius 2 is 1.77 bits per heavy atom. The van der Waals surface area contributed by atoms with Crippen LogP contribution >= 0.6 is 0 Å². The molecule has 0 radical (unpaired) electrons. The van der Waals surface area contributed by atoms with E-state index in [1.807, 2.05) is 44.2 Å². The van der Waals surface area contributed by atoms with Crippen molar-refractivity contribution in [3.8, 4) is 11.5 Å². The maximum Gasteiger partial charge on any atom is 0.258 e. The van der Waals surface area contributed by atoms with Crippen molar-refractivity contribution in [2.24, 2.45) is 0 Å². The first-order valence-corrected chi connectivity index (χ1v) is 8.35. The van der Waals surface area contributed by atoms with Crippen molar-refractivity contribution in [1.82, 2.24) is 5.32 Å². The van der Waals surface area contributed by atoms with Crippen molar-refractivity contribution in [2.45, 2.75) is 19.9 Å². The summed E-state index contributed by atoms with van der Waals surface area (Å²) in [5.41, 5.74) is 1.26. The van der Waals surface area contributed by atoms with Gasteiger partial charge in [-0.1, -0.05) is 18.2 Å². The van der Waals surface area contributed by atoms with Gasteiger partial charge >= 0.3 is 0 Å². The number of nitrogens with zero attached hydrogens (tertiary/aromatic N) is 1. The molecule has 0 aliphatic carbocycles. The number of benzene rings is 2. The number of carbonyl (C=O) groups excluding carboxylic acids is 2. The highest BCUT2D eigenvalue weighted by atomic mass is 16.5. The lowest BCUT2D eigenvalue weighted by Crippen LogP contribution is -2.34. The lowest BCUT2D eigenvalue weighted by molar-refractivity contribution is -0.123. The topological polar surface area (TPSA) is 67.9 Å². The van der Waals surface area contributed by atoms with E-state index in [1.54, 1.807) is 30.1 Å². The lowest BCUT2D eigenvalue weighted by Gasteiger charge is -2.18. The van der Waals surface area contributed by atoms with Gasteiger partial charge in [-0.15, -0.1) is 0 Å². The molecule has 0 aromatic heterocycles. The van der Waals surface area contributed by atoms with Crippen LogP contribution in [0.5, 0.6) is 11.5 Å². The molecule has 0 aliphatic rings. The summed E-state index contributed by atoms with van der Waals surface area (Å²) in [4.78, 5) is 25.9. The van der Waals surface area contributed by atoms with Crippen LogP contribution in [0, 0.1) is 0 Å². The van der Waals surface area contributed by atoms with E-state index >= 15 is 0 Å². The highest BCUT2D eigenvalue weighted by molar-refractivity contribution is 6.06. The molecule has 138 valence electrons. The Kier molecular flexibility index (Phi) is 6.60. The summed E-state index contributed by atoms with van der Waals surface area (Å²) in [5.74, 6) is 0.421. The largest absolute Gasteiger partial charge is 0.493 e. The van der Waals surface area contributed by atoms with Gasteiger partial charge in [0, 0.05) is 24.3 Å². The van der Waals surface area contributed by atoms with Gasteiger partial charge in [-0.3, -0.25) is 9.59 Å². The molecular weight excluding hydrogens is 332 g/mol. The summed E-state index contributed by atoms with van der Waals surface area (Å²) in [7, 11) is 3.20. The van der Waals surface area contributed by atoms with E-state index in [1.165, 1.54) is 7.11 Å².